The number of benzene rings is 5. The zero-order valence-corrected chi connectivity index (χ0v) is 11.8. The predicted octanol–water partition coefficient (Wildman–Crippen LogP) is 5.61. The van der Waals surface area contributed by atoms with Crippen molar-refractivity contribution in [1.29, 1.82) is 5.26 Å². The summed E-state index contributed by atoms with van der Waals surface area (Å²) in [6, 6.07) is 25.5. The Kier molecular flexibility index (Phi) is 2.08. The first-order valence-corrected chi connectivity index (χ1v) is 7.36. The Hall–Kier alpha value is -3.11. The van der Waals surface area contributed by atoms with Crippen molar-refractivity contribution in [2.75, 3.05) is 0 Å². The molecule has 0 atom stereocenters. The maximum absolute atomic E-state index is 9.34. The van der Waals surface area contributed by atoms with Gasteiger partial charge in [0.1, 0.15) is 0 Å². The molecule has 5 aromatic rings. The zero-order chi connectivity index (χ0) is 14.7. The fraction of sp³-hybridized carbons (Fsp3) is 0. The summed E-state index contributed by atoms with van der Waals surface area (Å²) in [5.74, 6) is 0. The summed E-state index contributed by atoms with van der Waals surface area (Å²) < 4.78 is 0. The molecule has 0 aromatic heterocycles. The Morgan fingerprint density at radius 2 is 1.14 bits per heavy atom. The molecule has 0 aliphatic carbocycles. The van der Waals surface area contributed by atoms with Crippen LogP contribution in [0.3, 0.4) is 0 Å². The second-order valence-corrected chi connectivity index (χ2v) is 5.75. The third-order valence-corrected chi connectivity index (χ3v) is 4.59. The van der Waals surface area contributed by atoms with Crippen molar-refractivity contribution in [3.63, 3.8) is 0 Å². The molecule has 0 N–H and O–H groups in total. The van der Waals surface area contributed by atoms with Gasteiger partial charge in [0.2, 0.25) is 0 Å². The summed E-state index contributed by atoms with van der Waals surface area (Å²) in [5, 5.41) is 19.2. The molecule has 0 saturated carbocycles. The highest BCUT2D eigenvalue weighted by molar-refractivity contribution is 6.32. The van der Waals surface area contributed by atoms with Gasteiger partial charge >= 0.3 is 0 Å². The van der Waals surface area contributed by atoms with Gasteiger partial charge in [-0.25, -0.2) is 0 Å². The maximum atomic E-state index is 9.34. The smallest absolute Gasteiger partial charge is 0.0992 e. The fourth-order valence-electron chi connectivity index (χ4n) is 3.72. The van der Waals surface area contributed by atoms with Crippen LogP contribution in [0.15, 0.2) is 66.7 Å². The first kappa shape index (κ1) is 11.5. The second kappa shape index (κ2) is 3.96. The number of rotatable bonds is 0. The summed E-state index contributed by atoms with van der Waals surface area (Å²) >= 11 is 0. The number of fused-ring (bicyclic) bond motifs is 2. The molecule has 0 heterocycles. The van der Waals surface area contributed by atoms with E-state index in [9.17, 15) is 5.26 Å². The van der Waals surface area contributed by atoms with Crippen molar-refractivity contribution >= 4 is 43.1 Å². The van der Waals surface area contributed by atoms with Crippen LogP contribution < -0.4 is 0 Å². The van der Waals surface area contributed by atoms with Crippen molar-refractivity contribution in [3.05, 3.63) is 72.3 Å². The van der Waals surface area contributed by atoms with Crippen LogP contribution in [0.25, 0.3) is 43.1 Å². The molecule has 0 fully saturated rings. The van der Waals surface area contributed by atoms with E-state index in [1.54, 1.807) is 0 Å². The van der Waals surface area contributed by atoms with E-state index in [0.29, 0.717) is 0 Å². The molecular formula is C21H11N. The van der Waals surface area contributed by atoms with Gasteiger partial charge < -0.3 is 0 Å². The Bertz CT molecular complexity index is 1220. The first-order valence-electron chi connectivity index (χ1n) is 7.36. The van der Waals surface area contributed by atoms with E-state index in [1.807, 2.05) is 12.1 Å². The predicted molar refractivity (Wildman–Crippen MR) is 92.4 cm³/mol. The molecule has 1 nitrogen and oxygen atoms in total. The van der Waals surface area contributed by atoms with Gasteiger partial charge in [-0.3, -0.25) is 0 Å². The molecule has 0 amide bonds. The lowest BCUT2D eigenvalue weighted by atomic mass is 9.89. The number of nitriles is 1. The monoisotopic (exact) mass is 277 g/mol. The summed E-state index contributed by atoms with van der Waals surface area (Å²) in [6.45, 7) is 0. The minimum absolute atomic E-state index is 0.719. The van der Waals surface area contributed by atoms with Gasteiger partial charge in [0, 0.05) is 0 Å². The summed E-state index contributed by atoms with van der Waals surface area (Å²) in [7, 11) is 0. The molecule has 0 aliphatic heterocycles. The maximum Gasteiger partial charge on any atom is 0.0992 e. The molecule has 5 rings (SSSR count). The molecule has 5 aromatic carbocycles. The Labute approximate surface area is 127 Å². The third kappa shape index (κ3) is 1.32. The van der Waals surface area contributed by atoms with E-state index in [0.717, 1.165) is 10.9 Å². The molecule has 22 heavy (non-hydrogen) atoms. The Morgan fingerprint density at radius 3 is 1.77 bits per heavy atom. The van der Waals surface area contributed by atoms with Crippen molar-refractivity contribution in [3.8, 4) is 6.07 Å². The molecule has 0 spiro atoms. The molecule has 0 bridgehead atoms. The Balaban J connectivity index is 2.26. The molecular weight excluding hydrogens is 266 g/mol. The van der Waals surface area contributed by atoms with Gasteiger partial charge in [-0.15, -0.1) is 0 Å². The van der Waals surface area contributed by atoms with E-state index in [1.165, 1.54) is 37.7 Å². The van der Waals surface area contributed by atoms with E-state index in [-0.39, 0.29) is 0 Å². The quantitative estimate of drug-likeness (QED) is 0.266. The molecule has 100 valence electrons. The summed E-state index contributed by atoms with van der Waals surface area (Å²) in [6.07, 6.45) is 0. The zero-order valence-electron chi connectivity index (χ0n) is 11.8. The highest BCUT2D eigenvalue weighted by Crippen LogP contribution is 2.40. The van der Waals surface area contributed by atoms with Gasteiger partial charge in [0.05, 0.1) is 11.6 Å². The topological polar surface area (TPSA) is 23.8 Å². The summed E-state index contributed by atoms with van der Waals surface area (Å²) in [4.78, 5) is 0. The van der Waals surface area contributed by atoms with Crippen LogP contribution >= 0.6 is 0 Å². The Morgan fingerprint density at radius 1 is 0.591 bits per heavy atom. The number of hydrogen-bond acceptors (Lipinski definition) is 1. The third-order valence-electron chi connectivity index (χ3n) is 4.59. The van der Waals surface area contributed by atoms with Crippen molar-refractivity contribution < 1.29 is 0 Å². The second-order valence-electron chi connectivity index (χ2n) is 5.75. The van der Waals surface area contributed by atoms with Crippen molar-refractivity contribution in [1.82, 2.24) is 0 Å². The lowest BCUT2D eigenvalue weighted by Crippen LogP contribution is -1.87. The van der Waals surface area contributed by atoms with E-state index < -0.39 is 0 Å². The fourth-order valence-corrected chi connectivity index (χ4v) is 3.72. The normalized spacial score (nSPS) is 11.6. The average molecular weight is 277 g/mol. The van der Waals surface area contributed by atoms with Crippen molar-refractivity contribution in [2.24, 2.45) is 0 Å². The first-order chi connectivity index (χ1) is 10.9. The molecule has 1 heteroatoms. The van der Waals surface area contributed by atoms with Gasteiger partial charge in [-0.05, 0) is 55.2 Å². The molecule has 0 saturated heterocycles. The van der Waals surface area contributed by atoms with Crippen LogP contribution in [-0.2, 0) is 0 Å². The van der Waals surface area contributed by atoms with Gasteiger partial charge in [-0.1, -0.05) is 54.6 Å². The summed E-state index contributed by atoms with van der Waals surface area (Å²) in [5.41, 5.74) is 0.719. The highest BCUT2D eigenvalue weighted by atomic mass is 14.2. The van der Waals surface area contributed by atoms with Gasteiger partial charge in [-0.2, -0.15) is 5.26 Å². The van der Waals surface area contributed by atoms with Crippen LogP contribution in [0.2, 0.25) is 0 Å². The average Bonchev–Trinajstić information content (AvgIpc) is 2.58. The highest BCUT2D eigenvalue weighted by Gasteiger charge is 2.12. The SMILES string of the molecule is N#Cc1cc2cccc3c4cccc5cccc(c(c1)c23)c54. The lowest BCUT2D eigenvalue weighted by Gasteiger charge is -2.14. The molecule has 0 unspecified atom stereocenters. The van der Waals surface area contributed by atoms with Crippen LogP contribution in [0.1, 0.15) is 5.56 Å². The van der Waals surface area contributed by atoms with E-state index >= 15 is 0 Å². The van der Waals surface area contributed by atoms with Crippen LogP contribution in [-0.4, -0.2) is 0 Å². The van der Waals surface area contributed by atoms with E-state index in [4.69, 9.17) is 0 Å². The van der Waals surface area contributed by atoms with Gasteiger partial charge in [0.25, 0.3) is 0 Å². The minimum atomic E-state index is 0.719. The lowest BCUT2D eigenvalue weighted by molar-refractivity contribution is 1.50. The van der Waals surface area contributed by atoms with E-state index in [2.05, 4.69) is 60.7 Å². The van der Waals surface area contributed by atoms with Crippen LogP contribution in [0.5, 0.6) is 0 Å². The largest absolute Gasteiger partial charge is 0.192 e. The van der Waals surface area contributed by atoms with Gasteiger partial charge in [0.15, 0.2) is 0 Å². The minimum Gasteiger partial charge on any atom is -0.192 e. The molecule has 0 aliphatic rings. The van der Waals surface area contributed by atoms with Crippen LogP contribution in [0.4, 0.5) is 0 Å². The van der Waals surface area contributed by atoms with Crippen LogP contribution in [0, 0.1) is 11.3 Å². The number of nitrogens with zero attached hydrogens (tertiary/aromatic N) is 1. The number of hydrogen-bond donors (Lipinski definition) is 0. The molecule has 0 radical (unpaired) electrons. The van der Waals surface area contributed by atoms with Crippen molar-refractivity contribution in [2.45, 2.75) is 0 Å². The standard InChI is InChI=1S/C21H11N/c22-12-13-10-15-6-3-8-17-16-7-1-4-14-5-2-9-18(20(14)16)19(11-13)21(15)17/h1-11H.